The number of carbonyl (C=O) groups is 1. The Morgan fingerprint density at radius 3 is 2.70 bits per heavy atom. The average Bonchev–Trinajstić information content (AvgIpc) is 2.37. The van der Waals surface area contributed by atoms with E-state index in [1.807, 2.05) is 0 Å². The largest absolute Gasteiger partial charge is 0.398 e. The molecule has 110 valence electrons. The van der Waals surface area contributed by atoms with Crippen LogP contribution in [0.15, 0.2) is 12.1 Å². The minimum Gasteiger partial charge on any atom is -0.398 e. The Hall–Kier alpha value is -1.58. The van der Waals surface area contributed by atoms with Crippen molar-refractivity contribution in [3.05, 3.63) is 29.1 Å². The second kappa shape index (κ2) is 5.43. The minimum absolute atomic E-state index is 0.0860. The SMILES string of the molecule is Cc1c(N)cc(C(=O)NC2CCCCC2(C)C)cc1F. The van der Waals surface area contributed by atoms with Crippen molar-refractivity contribution >= 4 is 11.6 Å². The highest BCUT2D eigenvalue weighted by Crippen LogP contribution is 2.35. The molecular formula is C16H23FN2O. The van der Waals surface area contributed by atoms with Crippen LogP contribution in [0.1, 0.15) is 55.5 Å². The monoisotopic (exact) mass is 278 g/mol. The van der Waals surface area contributed by atoms with Gasteiger partial charge in [-0.1, -0.05) is 26.7 Å². The normalized spacial score (nSPS) is 21.5. The number of anilines is 1. The molecular weight excluding hydrogens is 255 g/mol. The molecule has 2 rings (SSSR count). The van der Waals surface area contributed by atoms with Crippen molar-refractivity contribution in [2.75, 3.05) is 5.73 Å². The van der Waals surface area contributed by atoms with E-state index < -0.39 is 5.82 Å². The van der Waals surface area contributed by atoms with Crippen molar-refractivity contribution < 1.29 is 9.18 Å². The molecule has 3 nitrogen and oxygen atoms in total. The van der Waals surface area contributed by atoms with E-state index in [-0.39, 0.29) is 17.4 Å². The number of nitrogen functional groups attached to an aromatic ring is 1. The maximum atomic E-state index is 13.7. The predicted molar refractivity (Wildman–Crippen MR) is 79.1 cm³/mol. The van der Waals surface area contributed by atoms with Gasteiger partial charge in [0, 0.05) is 22.9 Å². The summed E-state index contributed by atoms with van der Waals surface area (Å²) in [6.07, 6.45) is 4.40. The number of nitrogens with one attached hydrogen (secondary N) is 1. The maximum Gasteiger partial charge on any atom is 0.251 e. The Kier molecular flexibility index (Phi) is 4.02. The first-order valence-corrected chi connectivity index (χ1v) is 7.18. The zero-order valence-electron chi connectivity index (χ0n) is 12.4. The summed E-state index contributed by atoms with van der Waals surface area (Å²) in [6, 6.07) is 2.94. The zero-order chi connectivity index (χ0) is 14.9. The molecule has 3 N–H and O–H groups in total. The second-order valence-electron chi connectivity index (χ2n) is 6.43. The molecule has 1 amide bonds. The molecule has 0 bridgehead atoms. The molecule has 1 aromatic carbocycles. The van der Waals surface area contributed by atoms with Crippen LogP contribution in [0.5, 0.6) is 0 Å². The summed E-state index contributed by atoms with van der Waals surface area (Å²) in [5, 5.41) is 3.04. The highest BCUT2D eigenvalue weighted by molar-refractivity contribution is 5.95. The molecule has 1 fully saturated rings. The maximum absolute atomic E-state index is 13.7. The van der Waals surface area contributed by atoms with E-state index in [4.69, 9.17) is 5.73 Å². The number of halogens is 1. The lowest BCUT2D eigenvalue weighted by Crippen LogP contribution is -2.46. The molecule has 1 unspecified atom stereocenters. The van der Waals surface area contributed by atoms with Gasteiger partial charge in [-0.25, -0.2) is 4.39 Å². The molecule has 0 radical (unpaired) electrons. The smallest absolute Gasteiger partial charge is 0.251 e. The number of rotatable bonds is 2. The Labute approximate surface area is 119 Å². The second-order valence-corrected chi connectivity index (χ2v) is 6.43. The Morgan fingerprint density at radius 1 is 1.40 bits per heavy atom. The first-order valence-electron chi connectivity index (χ1n) is 7.18. The molecule has 1 atom stereocenters. The van der Waals surface area contributed by atoms with Gasteiger partial charge in [-0.05, 0) is 37.3 Å². The average molecular weight is 278 g/mol. The fourth-order valence-corrected chi connectivity index (χ4v) is 2.83. The molecule has 1 aliphatic rings. The summed E-state index contributed by atoms with van der Waals surface area (Å²) in [7, 11) is 0. The van der Waals surface area contributed by atoms with Gasteiger partial charge in [0.2, 0.25) is 0 Å². The standard InChI is InChI=1S/C16H23FN2O/c1-10-12(17)8-11(9-13(10)18)15(20)19-14-6-4-5-7-16(14,2)3/h8-9,14H,4-7,18H2,1-3H3,(H,19,20). The Balaban J connectivity index is 2.16. The molecule has 20 heavy (non-hydrogen) atoms. The van der Waals surface area contributed by atoms with Crippen LogP contribution >= 0.6 is 0 Å². The molecule has 4 heteroatoms. The molecule has 1 aliphatic carbocycles. The van der Waals surface area contributed by atoms with Crippen LogP contribution in [0.3, 0.4) is 0 Å². The van der Waals surface area contributed by atoms with E-state index in [1.165, 1.54) is 12.5 Å². The van der Waals surface area contributed by atoms with Crippen LogP contribution in [-0.2, 0) is 0 Å². The summed E-state index contributed by atoms with van der Waals surface area (Å²) in [4.78, 5) is 12.3. The molecule has 0 heterocycles. The third-order valence-electron chi connectivity index (χ3n) is 4.46. The molecule has 0 aliphatic heterocycles. The van der Waals surface area contributed by atoms with Gasteiger partial charge in [0.25, 0.3) is 5.91 Å². The van der Waals surface area contributed by atoms with E-state index in [0.717, 1.165) is 19.3 Å². The molecule has 1 aromatic rings. The fraction of sp³-hybridized carbons (Fsp3) is 0.562. The summed E-state index contributed by atoms with van der Waals surface area (Å²) >= 11 is 0. The lowest BCUT2D eigenvalue weighted by molar-refractivity contribution is 0.0853. The third kappa shape index (κ3) is 2.94. The topological polar surface area (TPSA) is 55.1 Å². The molecule has 1 saturated carbocycles. The molecule has 0 spiro atoms. The van der Waals surface area contributed by atoms with E-state index in [9.17, 15) is 9.18 Å². The summed E-state index contributed by atoms with van der Waals surface area (Å²) in [5.74, 6) is -0.673. The van der Waals surface area contributed by atoms with Crippen LogP contribution in [0, 0.1) is 18.2 Å². The van der Waals surface area contributed by atoms with Crippen molar-refractivity contribution in [3.8, 4) is 0 Å². The third-order valence-corrected chi connectivity index (χ3v) is 4.46. The van der Waals surface area contributed by atoms with Gasteiger partial charge in [-0.2, -0.15) is 0 Å². The van der Waals surface area contributed by atoms with Crippen molar-refractivity contribution in [1.82, 2.24) is 5.32 Å². The van der Waals surface area contributed by atoms with Crippen molar-refractivity contribution in [2.24, 2.45) is 5.41 Å². The quantitative estimate of drug-likeness (QED) is 0.814. The van der Waals surface area contributed by atoms with Gasteiger partial charge >= 0.3 is 0 Å². The van der Waals surface area contributed by atoms with Crippen LogP contribution < -0.4 is 11.1 Å². The van der Waals surface area contributed by atoms with Crippen molar-refractivity contribution in [3.63, 3.8) is 0 Å². The number of hydrogen-bond donors (Lipinski definition) is 2. The fourth-order valence-electron chi connectivity index (χ4n) is 2.83. The lowest BCUT2D eigenvalue weighted by Gasteiger charge is -2.39. The molecule has 0 aromatic heterocycles. The van der Waals surface area contributed by atoms with Gasteiger partial charge in [0.1, 0.15) is 5.82 Å². The van der Waals surface area contributed by atoms with E-state index in [1.54, 1.807) is 13.0 Å². The molecule has 0 saturated heterocycles. The predicted octanol–water partition coefficient (Wildman–Crippen LogP) is 3.41. The van der Waals surface area contributed by atoms with E-state index >= 15 is 0 Å². The summed E-state index contributed by atoms with van der Waals surface area (Å²) in [6.45, 7) is 5.94. The van der Waals surface area contributed by atoms with Gasteiger partial charge in [-0.3, -0.25) is 4.79 Å². The zero-order valence-corrected chi connectivity index (χ0v) is 12.4. The summed E-state index contributed by atoms with van der Waals surface area (Å²) < 4.78 is 13.7. The number of hydrogen-bond acceptors (Lipinski definition) is 2. The number of carbonyl (C=O) groups excluding carboxylic acids is 1. The van der Waals surface area contributed by atoms with Crippen LogP contribution in [0.2, 0.25) is 0 Å². The van der Waals surface area contributed by atoms with Gasteiger partial charge in [0.05, 0.1) is 0 Å². The van der Waals surface area contributed by atoms with Crippen molar-refractivity contribution in [2.45, 2.75) is 52.5 Å². The highest BCUT2D eigenvalue weighted by atomic mass is 19.1. The minimum atomic E-state index is -0.432. The lowest BCUT2D eigenvalue weighted by atomic mass is 9.73. The van der Waals surface area contributed by atoms with Crippen LogP contribution in [0.25, 0.3) is 0 Å². The van der Waals surface area contributed by atoms with Gasteiger partial charge in [0.15, 0.2) is 0 Å². The van der Waals surface area contributed by atoms with Gasteiger partial charge < -0.3 is 11.1 Å². The summed E-state index contributed by atoms with van der Waals surface area (Å²) in [5.41, 5.74) is 6.82. The number of nitrogens with two attached hydrogens (primary N) is 1. The first-order chi connectivity index (χ1) is 9.31. The van der Waals surface area contributed by atoms with Crippen LogP contribution in [0.4, 0.5) is 10.1 Å². The number of amides is 1. The Bertz CT molecular complexity index is 502. The van der Waals surface area contributed by atoms with Crippen molar-refractivity contribution in [1.29, 1.82) is 0 Å². The van der Waals surface area contributed by atoms with E-state index in [2.05, 4.69) is 19.2 Å². The highest BCUT2D eigenvalue weighted by Gasteiger charge is 2.33. The first kappa shape index (κ1) is 14.8. The Morgan fingerprint density at radius 2 is 2.10 bits per heavy atom. The van der Waals surface area contributed by atoms with E-state index in [0.29, 0.717) is 16.8 Å². The number of benzene rings is 1. The van der Waals surface area contributed by atoms with Crippen LogP contribution in [-0.4, -0.2) is 11.9 Å². The van der Waals surface area contributed by atoms with Gasteiger partial charge in [-0.15, -0.1) is 0 Å².